The number of hydrogen-bond donors (Lipinski definition) is 0. The van der Waals surface area contributed by atoms with E-state index in [1.54, 1.807) is 26.1 Å². The predicted molar refractivity (Wildman–Crippen MR) is 75.2 cm³/mol. The third-order valence-electron chi connectivity index (χ3n) is 2.08. The summed E-state index contributed by atoms with van der Waals surface area (Å²) in [6.07, 6.45) is 1.48. The molecule has 0 aliphatic rings. The van der Waals surface area contributed by atoms with Crippen LogP contribution in [0.3, 0.4) is 0 Å². The third-order valence-corrected chi connectivity index (χ3v) is 4.04. The number of aromatic nitrogens is 1. The highest BCUT2D eigenvalue weighted by molar-refractivity contribution is 9.10. The highest BCUT2D eigenvalue weighted by Gasteiger charge is 2.30. The zero-order valence-corrected chi connectivity index (χ0v) is 14.0. The van der Waals surface area contributed by atoms with Gasteiger partial charge in [-0.1, -0.05) is 0 Å². The zero-order valence-electron chi connectivity index (χ0n) is 11.5. The van der Waals surface area contributed by atoms with E-state index in [9.17, 15) is 4.57 Å². The first-order valence-electron chi connectivity index (χ1n) is 5.95. The van der Waals surface area contributed by atoms with Gasteiger partial charge in [-0.25, -0.2) is 14.8 Å². The van der Waals surface area contributed by atoms with Crippen LogP contribution >= 0.6 is 23.5 Å². The van der Waals surface area contributed by atoms with Gasteiger partial charge in [-0.3, -0.25) is 4.57 Å². The van der Waals surface area contributed by atoms with E-state index in [2.05, 4.69) is 20.9 Å². The Balaban J connectivity index is 2.94. The molecule has 1 rings (SSSR count). The van der Waals surface area contributed by atoms with Crippen LogP contribution in [-0.4, -0.2) is 25.3 Å². The van der Waals surface area contributed by atoms with E-state index in [1.807, 2.05) is 0 Å². The smallest absolute Gasteiger partial charge is 0.388 e. The normalized spacial score (nSPS) is 11.6. The van der Waals surface area contributed by atoms with Crippen molar-refractivity contribution in [2.24, 2.45) is 0 Å². The Morgan fingerprint density at radius 2 is 1.85 bits per heavy atom. The molecule has 0 radical (unpaired) electrons. The van der Waals surface area contributed by atoms with Crippen LogP contribution in [0.25, 0.3) is 0 Å². The summed E-state index contributed by atoms with van der Waals surface area (Å²) in [5.41, 5.74) is 0.595. The van der Waals surface area contributed by atoms with Crippen LogP contribution in [0.5, 0.6) is 5.75 Å². The van der Waals surface area contributed by atoms with Gasteiger partial charge in [-0.05, 0) is 35.8 Å². The number of halogens is 1. The van der Waals surface area contributed by atoms with Gasteiger partial charge < -0.3 is 4.74 Å². The number of hydrogen-bond acceptors (Lipinski definition) is 7. The van der Waals surface area contributed by atoms with Gasteiger partial charge in [0.2, 0.25) is 0 Å². The Hall–Kier alpha value is -0.500. The molecular weight excluding hydrogens is 353 g/mol. The second-order valence-corrected chi connectivity index (χ2v) is 6.11. The Morgan fingerprint density at radius 3 is 2.35 bits per heavy atom. The maximum atomic E-state index is 12.5. The molecule has 7 nitrogen and oxygen atoms in total. The molecule has 1 aromatic rings. The van der Waals surface area contributed by atoms with Crippen molar-refractivity contribution in [1.29, 1.82) is 0 Å². The van der Waals surface area contributed by atoms with Crippen molar-refractivity contribution in [3.8, 4) is 5.75 Å². The van der Waals surface area contributed by atoms with Gasteiger partial charge in [0, 0.05) is 11.8 Å². The van der Waals surface area contributed by atoms with Crippen molar-refractivity contribution in [1.82, 2.24) is 4.98 Å². The van der Waals surface area contributed by atoms with Crippen LogP contribution in [0, 0.1) is 0 Å². The first-order valence-corrected chi connectivity index (χ1v) is 8.47. The number of methoxy groups -OCH3 is 1. The quantitative estimate of drug-likeness (QED) is 0.285. The molecule has 0 saturated heterocycles. The summed E-state index contributed by atoms with van der Waals surface area (Å²) in [5.74, 6) is 0.452. The molecule has 0 saturated carbocycles. The average Bonchev–Trinajstić information content (AvgIpc) is 2.43. The summed E-state index contributed by atoms with van der Waals surface area (Å²) < 4.78 is 27.9. The lowest BCUT2D eigenvalue weighted by Crippen LogP contribution is -2.03. The summed E-state index contributed by atoms with van der Waals surface area (Å²) in [5, 5.41) is 0. The van der Waals surface area contributed by atoms with Gasteiger partial charge in [0.15, 0.2) is 5.75 Å². The molecule has 0 aliphatic heterocycles. The fourth-order valence-electron chi connectivity index (χ4n) is 1.34. The number of pyridine rings is 1. The van der Waals surface area contributed by atoms with E-state index in [1.165, 1.54) is 7.11 Å². The summed E-state index contributed by atoms with van der Waals surface area (Å²) in [6.45, 7) is 3.87. The second kappa shape index (κ2) is 8.71. The first kappa shape index (κ1) is 17.6. The summed E-state index contributed by atoms with van der Waals surface area (Å²) in [6, 6.07) is 1.65. The topological polar surface area (TPSA) is 76.1 Å². The van der Waals surface area contributed by atoms with Gasteiger partial charge in [-0.15, -0.1) is 9.35 Å². The van der Waals surface area contributed by atoms with Gasteiger partial charge in [0.1, 0.15) is 4.60 Å². The minimum Gasteiger partial charge on any atom is -0.494 e. The molecule has 0 unspecified atom stereocenters. The molecular formula is C11H17BrNO6P. The first-order chi connectivity index (χ1) is 9.56. The molecule has 0 fully saturated rings. The highest BCUT2D eigenvalue weighted by atomic mass is 79.9. The van der Waals surface area contributed by atoms with Crippen molar-refractivity contribution in [2.75, 3.05) is 20.3 Å². The number of ether oxygens (including phenoxy) is 1. The van der Waals surface area contributed by atoms with E-state index in [0.717, 1.165) is 0 Å². The molecule has 1 heterocycles. The van der Waals surface area contributed by atoms with Crippen molar-refractivity contribution in [3.05, 3.63) is 22.4 Å². The van der Waals surface area contributed by atoms with Crippen molar-refractivity contribution < 1.29 is 28.4 Å². The minimum atomic E-state index is -3.61. The Kier molecular flexibility index (Phi) is 7.65. The Morgan fingerprint density at radius 1 is 1.25 bits per heavy atom. The summed E-state index contributed by atoms with van der Waals surface area (Å²) >= 11 is 3.25. The molecule has 0 spiro atoms. The predicted octanol–water partition coefficient (Wildman–Crippen LogP) is 3.48. The van der Waals surface area contributed by atoms with Crippen LogP contribution < -0.4 is 4.74 Å². The Bertz CT molecular complexity index is 460. The zero-order chi connectivity index (χ0) is 15.0. The summed E-state index contributed by atoms with van der Waals surface area (Å²) in [4.78, 5) is 13.5. The molecule has 114 valence electrons. The molecule has 0 atom stereocenters. The van der Waals surface area contributed by atoms with Crippen LogP contribution in [-0.2, 0) is 29.9 Å². The molecule has 0 amide bonds. The van der Waals surface area contributed by atoms with Crippen LogP contribution in [0.2, 0.25) is 0 Å². The average molecular weight is 370 g/mol. The van der Waals surface area contributed by atoms with Crippen molar-refractivity contribution in [3.63, 3.8) is 0 Å². The van der Waals surface area contributed by atoms with E-state index in [0.29, 0.717) is 15.9 Å². The van der Waals surface area contributed by atoms with E-state index in [-0.39, 0.29) is 19.4 Å². The van der Waals surface area contributed by atoms with Crippen LogP contribution in [0.15, 0.2) is 16.9 Å². The van der Waals surface area contributed by atoms with E-state index in [4.69, 9.17) is 23.9 Å². The molecule has 20 heavy (non-hydrogen) atoms. The molecule has 1 aromatic heterocycles. The van der Waals surface area contributed by atoms with Crippen LogP contribution in [0.4, 0.5) is 0 Å². The maximum absolute atomic E-state index is 12.5. The number of rotatable bonds is 9. The monoisotopic (exact) mass is 369 g/mol. The molecule has 0 bridgehead atoms. The molecule has 0 aromatic carbocycles. The maximum Gasteiger partial charge on any atom is 0.388 e. The van der Waals surface area contributed by atoms with Crippen molar-refractivity contribution in [2.45, 2.75) is 20.0 Å². The molecule has 9 heteroatoms. The molecule has 0 aliphatic carbocycles. The van der Waals surface area contributed by atoms with Crippen molar-refractivity contribution >= 4 is 23.5 Å². The lowest BCUT2D eigenvalue weighted by atomic mass is 10.3. The SMILES string of the molecule is CCOOP(=O)(Cc1ccnc(Br)c1OC)OOCC. The minimum absolute atomic E-state index is 0.0721. The van der Waals surface area contributed by atoms with Crippen LogP contribution in [0.1, 0.15) is 19.4 Å². The lowest BCUT2D eigenvalue weighted by Gasteiger charge is -2.17. The fraction of sp³-hybridized carbons (Fsp3) is 0.545. The standard InChI is InChI=1S/C11H17BrNO6P/c1-4-16-18-20(14,19-17-5-2)8-9-6-7-13-11(12)10(9)15-3/h6-7H,4-5,8H2,1-3H3. The highest BCUT2D eigenvalue weighted by Crippen LogP contribution is 2.53. The van der Waals surface area contributed by atoms with Gasteiger partial charge in [-0.2, -0.15) is 0 Å². The molecule has 0 N–H and O–H groups in total. The number of nitrogens with zero attached hydrogens (tertiary/aromatic N) is 1. The Labute approximate surface area is 126 Å². The summed E-state index contributed by atoms with van der Waals surface area (Å²) in [7, 11) is -2.12. The van der Waals surface area contributed by atoms with E-state index < -0.39 is 7.60 Å². The largest absolute Gasteiger partial charge is 0.494 e. The van der Waals surface area contributed by atoms with E-state index >= 15 is 0 Å². The second-order valence-electron chi connectivity index (χ2n) is 3.53. The lowest BCUT2D eigenvalue weighted by molar-refractivity contribution is -0.263. The van der Waals surface area contributed by atoms with Gasteiger partial charge in [0.05, 0.1) is 26.5 Å². The fourth-order valence-corrected chi connectivity index (χ4v) is 3.20. The van der Waals surface area contributed by atoms with Gasteiger partial charge >= 0.3 is 7.60 Å². The van der Waals surface area contributed by atoms with Gasteiger partial charge in [0.25, 0.3) is 0 Å². The third kappa shape index (κ3) is 5.12.